The molecule has 5 rings (SSSR count). The van der Waals surface area contributed by atoms with Crippen molar-refractivity contribution in [2.75, 3.05) is 29.7 Å². The Bertz CT molecular complexity index is 1570. The quantitative estimate of drug-likeness (QED) is 0.328. The van der Waals surface area contributed by atoms with E-state index in [2.05, 4.69) is 21.6 Å². The van der Waals surface area contributed by atoms with Gasteiger partial charge in [-0.1, -0.05) is 47.4 Å². The van der Waals surface area contributed by atoms with Gasteiger partial charge in [-0.05, 0) is 49.6 Å². The fourth-order valence-electron chi connectivity index (χ4n) is 4.97. The molecular formula is C29H28N6O4S2. The first-order valence-electron chi connectivity index (χ1n) is 13.0. The van der Waals surface area contributed by atoms with Crippen LogP contribution in [0, 0.1) is 11.3 Å². The van der Waals surface area contributed by atoms with Crippen LogP contribution in [0.5, 0.6) is 11.5 Å². The van der Waals surface area contributed by atoms with Gasteiger partial charge in [0.15, 0.2) is 10.1 Å². The van der Waals surface area contributed by atoms with Crippen LogP contribution < -0.4 is 25.4 Å². The molecule has 3 aromatic rings. The first kappa shape index (κ1) is 28.2. The van der Waals surface area contributed by atoms with E-state index in [0.717, 1.165) is 11.3 Å². The molecule has 2 heterocycles. The molecule has 0 radical (unpaired) electrons. The highest BCUT2D eigenvalue weighted by atomic mass is 32.2. The maximum atomic E-state index is 13.3. The molecule has 1 unspecified atom stereocenters. The summed E-state index contributed by atoms with van der Waals surface area (Å²) >= 11 is 2.48. The summed E-state index contributed by atoms with van der Waals surface area (Å²) in [6, 6.07) is 16.8. The number of nitrogens with zero attached hydrogens (tertiary/aromatic N) is 4. The number of carbonyl (C=O) groups is 2. The Labute approximate surface area is 245 Å². The first-order valence-corrected chi connectivity index (χ1v) is 14.8. The lowest BCUT2D eigenvalue weighted by atomic mass is 9.76. The van der Waals surface area contributed by atoms with Gasteiger partial charge in [-0.2, -0.15) is 5.26 Å². The van der Waals surface area contributed by atoms with Crippen LogP contribution in [-0.4, -0.2) is 41.4 Å². The van der Waals surface area contributed by atoms with E-state index in [1.807, 2.05) is 43.3 Å². The normalized spacial score (nSPS) is 16.8. The SMILES string of the molecule is CCOc1ccc(C2C(C#N)=C(N)N(c3nnc(SCC(=O)Nc4ccccc4OC)s3)C3=C2C(=O)CCC3)cc1. The minimum atomic E-state index is -0.574. The molecule has 1 aromatic heterocycles. The molecule has 1 amide bonds. The van der Waals surface area contributed by atoms with Crippen LogP contribution >= 0.6 is 23.1 Å². The molecule has 10 nitrogen and oxygen atoms in total. The van der Waals surface area contributed by atoms with Crippen molar-refractivity contribution in [3.8, 4) is 17.6 Å². The van der Waals surface area contributed by atoms with E-state index in [9.17, 15) is 14.9 Å². The number of benzene rings is 2. The number of nitrogens with one attached hydrogen (secondary N) is 1. The number of thioether (sulfide) groups is 1. The van der Waals surface area contributed by atoms with Gasteiger partial charge in [-0.3, -0.25) is 14.5 Å². The van der Waals surface area contributed by atoms with Gasteiger partial charge in [0, 0.05) is 17.7 Å². The number of ether oxygens (including phenoxy) is 2. The third kappa shape index (κ3) is 5.77. The molecular weight excluding hydrogens is 560 g/mol. The van der Waals surface area contributed by atoms with Crippen molar-refractivity contribution in [1.29, 1.82) is 5.26 Å². The van der Waals surface area contributed by atoms with Gasteiger partial charge in [-0.15, -0.1) is 10.2 Å². The second kappa shape index (κ2) is 12.4. The van der Waals surface area contributed by atoms with Crippen LogP contribution in [0.1, 0.15) is 37.7 Å². The Kier molecular flexibility index (Phi) is 8.56. The lowest BCUT2D eigenvalue weighted by Crippen LogP contribution is -2.38. The maximum absolute atomic E-state index is 13.3. The average molecular weight is 589 g/mol. The summed E-state index contributed by atoms with van der Waals surface area (Å²) in [5.74, 6) is 0.803. The minimum Gasteiger partial charge on any atom is -0.495 e. The van der Waals surface area contributed by atoms with Gasteiger partial charge in [-0.25, -0.2) is 0 Å². The van der Waals surface area contributed by atoms with Crippen LogP contribution in [-0.2, 0) is 9.59 Å². The molecule has 3 N–H and O–H groups in total. The van der Waals surface area contributed by atoms with Crippen LogP contribution in [0.2, 0.25) is 0 Å². The van der Waals surface area contributed by atoms with Gasteiger partial charge < -0.3 is 20.5 Å². The summed E-state index contributed by atoms with van der Waals surface area (Å²) in [7, 11) is 1.54. The number of ketones is 1. The zero-order chi connectivity index (χ0) is 28.9. The van der Waals surface area contributed by atoms with E-state index >= 15 is 0 Å². The van der Waals surface area contributed by atoms with E-state index in [1.165, 1.54) is 23.1 Å². The monoisotopic (exact) mass is 588 g/mol. The Morgan fingerprint density at radius 2 is 2.00 bits per heavy atom. The van der Waals surface area contributed by atoms with E-state index in [0.29, 0.717) is 58.1 Å². The van der Waals surface area contributed by atoms with E-state index < -0.39 is 5.92 Å². The summed E-state index contributed by atoms with van der Waals surface area (Å²) in [5.41, 5.74) is 9.59. The zero-order valence-electron chi connectivity index (χ0n) is 22.5. The number of anilines is 2. The van der Waals surface area contributed by atoms with Crippen LogP contribution in [0.15, 0.2) is 75.5 Å². The Balaban J connectivity index is 1.40. The summed E-state index contributed by atoms with van der Waals surface area (Å²) in [6.07, 6.45) is 1.68. The molecule has 210 valence electrons. The second-order valence-electron chi connectivity index (χ2n) is 9.21. The van der Waals surface area contributed by atoms with E-state index in [4.69, 9.17) is 15.2 Å². The number of hydrogen-bond acceptors (Lipinski definition) is 11. The van der Waals surface area contributed by atoms with Crippen molar-refractivity contribution in [2.45, 2.75) is 36.4 Å². The molecule has 0 fully saturated rings. The molecule has 12 heteroatoms. The van der Waals surface area contributed by atoms with Crippen LogP contribution in [0.4, 0.5) is 10.8 Å². The van der Waals surface area contributed by atoms with Crippen molar-refractivity contribution in [1.82, 2.24) is 10.2 Å². The summed E-state index contributed by atoms with van der Waals surface area (Å²) in [4.78, 5) is 27.6. The highest BCUT2D eigenvalue weighted by Gasteiger charge is 2.41. The molecule has 0 saturated carbocycles. The maximum Gasteiger partial charge on any atom is 0.234 e. The Morgan fingerprint density at radius 1 is 1.22 bits per heavy atom. The number of para-hydroxylation sites is 2. The standard InChI is InChI=1S/C29H28N6O4S2/c1-3-39-18-13-11-17(12-14-18)25-19(15-30)27(31)35(21-8-6-9-22(36)26(21)25)28-33-34-29(41-28)40-16-24(37)32-20-7-4-5-10-23(20)38-2/h4-5,7,10-14,25H,3,6,8-9,16,31H2,1-2H3,(H,32,37). The van der Waals surface area contributed by atoms with Gasteiger partial charge in [0.05, 0.1) is 42.7 Å². The predicted octanol–water partition coefficient (Wildman–Crippen LogP) is 4.98. The number of nitriles is 1. The van der Waals surface area contributed by atoms with Gasteiger partial charge in [0.2, 0.25) is 11.0 Å². The molecule has 2 aromatic carbocycles. The second-order valence-corrected chi connectivity index (χ2v) is 11.4. The molecule has 1 aliphatic heterocycles. The Morgan fingerprint density at radius 3 is 2.73 bits per heavy atom. The molecule has 2 aliphatic rings. The predicted molar refractivity (Wildman–Crippen MR) is 158 cm³/mol. The number of nitrogens with two attached hydrogens (primary N) is 1. The number of methoxy groups -OCH3 is 1. The van der Waals surface area contributed by atoms with Gasteiger partial charge >= 0.3 is 0 Å². The molecule has 1 atom stereocenters. The van der Waals surface area contributed by atoms with Crippen LogP contribution in [0.25, 0.3) is 0 Å². The van der Waals surface area contributed by atoms with Crippen molar-refractivity contribution in [2.24, 2.45) is 5.73 Å². The van der Waals surface area contributed by atoms with Crippen molar-refractivity contribution in [3.05, 3.63) is 76.8 Å². The largest absolute Gasteiger partial charge is 0.495 e. The number of carbonyl (C=O) groups excluding carboxylic acids is 2. The number of allylic oxidation sites excluding steroid dienone is 3. The highest BCUT2D eigenvalue weighted by molar-refractivity contribution is 8.01. The smallest absolute Gasteiger partial charge is 0.234 e. The number of aromatic nitrogens is 2. The summed E-state index contributed by atoms with van der Waals surface area (Å²) < 4.78 is 11.4. The van der Waals surface area contributed by atoms with Crippen molar-refractivity contribution in [3.63, 3.8) is 0 Å². The Hall–Kier alpha value is -4.34. The van der Waals surface area contributed by atoms with Gasteiger partial charge in [0.1, 0.15) is 17.3 Å². The summed E-state index contributed by atoms with van der Waals surface area (Å²) in [6.45, 7) is 2.45. The van der Waals surface area contributed by atoms with Crippen molar-refractivity contribution < 1.29 is 19.1 Å². The number of amides is 1. The van der Waals surface area contributed by atoms with Gasteiger partial charge in [0.25, 0.3) is 0 Å². The van der Waals surface area contributed by atoms with E-state index in [-0.39, 0.29) is 28.8 Å². The molecule has 0 bridgehead atoms. The number of hydrogen-bond donors (Lipinski definition) is 2. The molecule has 0 spiro atoms. The first-order chi connectivity index (χ1) is 19.9. The zero-order valence-corrected chi connectivity index (χ0v) is 24.2. The third-order valence-electron chi connectivity index (χ3n) is 6.73. The minimum absolute atomic E-state index is 0.0116. The summed E-state index contributed by atoms with van der Waals surface area (Å²) in [5, 5.41) is 22.1. The molecule has 41 heavy (non-hydrogen) atoms. The lowest BCUT2D eigenvalue weighted by Gasteiger charge is -2.38. The third-order valence-corrected chi connectivity index (χ3v) is 8.77. The lowest BCUT2D eigenvalue weighted by molar-refractivity contribution is -0.116. The molecule has 0 saturated heterocycles. The molecule has 1 aliphatic carbocycles. The van der Waals surface area contributed by atoms with E-state index in [1.54, 1.807) is 24.1 Å². The average Bonchev–Trinajstić information content (AvgIpc) is 3.45. The number of Topliss-reactive ketones (excluding diaryl/α,β-unsaturated/α-hetero) is 1. The van der Waals surface area contributed by atoms with Crippen molar-refractivity contribution >= 4 is 45.6 Å². The fraction of sp³-hybridized carbons (Fsp3) is 0.276. The number of rotatable bonds is 9. The fourth-order valence-corrected chi connectivity index (χ4v) is 6.65. The highest BCUT2D eigenvalue weighted by Crippen LogP contribution is 2.47. The topological polar surface area (TPSA) is 143 Å². The van der Waals surface area contributed by atoms with Crippen LogP contribution in [0.3, 0.4) is 0 Å².